The van der Waals surface area contributed by atoms with Crippen LogP contribution in [0.3, 0.4) is 0 Å². The molecule has 0 aliphatic carbocycles. The first-order chi connectivity index (χ1) is 6.90. The topological polar surface area (TPSA) is 45.6 Å². The van der Waals surface area contributed by atoms with Crippen LogP contribution in [0.1, 0.15) is 0 Å². The van der Waals surface area contributed by atoms with Gasteiger partial charge in [0.1, 0.15) is 11.4 Å². The molecule has 0 radical (unpaired) electrons. The molecule has 1 aliphatic rings. The third-order valence-corrected chi connectivity index (χ3v) is 2.03. The van der Waals surface area contributed by atoms with Gasteiger partial charge in [0, 0.05) is 13.1 Å². The first kappa shape index (κ1) is 8.87. The molecule has 0 amide bonds. The molecule has 0 aromatic heterocycles. The second kappa shape index (κ2) is 4.00. The Labute approximate surface area is 83.0 Å². The van der Waals surface area contributed by atoms with Gasteiger partial charge >= 0.3 is 0 Å². The Morgan fingerprint density at radius 1 is 1.21 bits per heavy atom. The van der Waals surface area contributed by atoms with E-state index in [2.05, 4.69) is 15.6 Å². The molecule has 1 aromatic rings. The molecule has 0 saturated carbocycles. The average molecular weight is 191 g/mol. The van der Waals surface area contributed by atoms with Crippen LogP contribution in [0.2, 0.25) is 0 Å². The summed E-state index contributed by atoms with van der Waals surface area (Å²) in [6.07, 6.45) is 0. The lowest BCUT2D eigenvalue weighted by Gasteiger charge is -2.04. The van der Waals surface area contributed by atoms with Crippen molar-refractivity contribution in [1.82, 2.24) is 10.6 Å². The van der Waals surface area contributed by atoms with Crippen LogP contribution >= 0.6 is 0 Å². The van der Waals surface area contributed by atoms with E-state index < -0.39 is 0 Å². The molecule has 4 heteroatoms. The minimum absolute atomic E-state index is 0.788. The van der Waals surface area contributed by atoms with Crippen molar-refractivity contribution in [2.24, 2.45) is 4.99 Å². The lowest BCUT2D eigenvalue weighted by atomic mass is 10.3. The second-order valence-corrected chi connectivity index (χ2v) is 2.99. The number of methoxy groups -OCH3 is 1. The maximum atomic E-state index is 5.19. The summed E-state index contributed by atoms with van der Waals surface area (Å²) in [6.45, 7) is 1.85. The van der Waals surface area contributed by atoms with Gasteiger partial charge in [-0.25, -0.2) is 4.99 Å². The highest BCUT2D eigenvalue weighted by molar-refractivity contribution is 5.85. The average Bonchev–Trinajstić information content (AvgIpc) is 2.71. The Hall–Kier alpha value is -1.71. The van der Waals surface area contributed by atoms with Gasteiger partial charge in [0.25, 0.3) is 0 Å². The molecule has 1 aromatic carbocycles. The number of aliphatic imine (C=N–C) groups is 1. The molecule has 0 atom stereocenters. The highest BCUT2D eigenvalue weighted by atomic mass is 16.5. The minimum Gasteiger partial charge on any atom is -0.494 e. The van der Waals surface area contributed by atoms with E-state index in [9.17, 15) is 0 Å². The molecule has 2 rings (SSSR count). The number of para-hydroxylation sites is 2. The molecular weight excluding hydrogens is 178 g/mol. The van der Waals surface area contributed by atoms with E-state index in [1.165, 1.54) is 0 Å². The van der Waals surface area contributed by atoms with E-state index in [-0.39, 0.29) is 0 Å². The predicted octanol–water partition coefficient (Wildman–Crippen LogP) is 0.875. The zero-order chi connectivity index (χ0) is 9.80. The fourth-order valence-electron chi connectivity index (χ4n) is 1.35. The number of nitrogens with one attached hydrogen (secondary N) is 2. The highest BCUT2D eigenvalue weighted by Gasteiger charge is 2.06. The van der Waals surface area contributed by atoms with Crippen LogP contribution in [-0.2, 0) is 0 Å². The summed E-state index contributed by atoms with van der Waals surface area (Å²) in [5, 5.41) is 6.28. The van der Waals surface area contributed by atoms with Crippen LogP contribution in [-0.4, -0.2) is 26.2 Å². The number of guanidine groups is 1. The van der Waals surface area contributed by atoms with Crippen LogP contribution in [0, 0.1) is 0 Å². The van der Waals surface area contributed by atoms with Crippen LogP contribution in [0.4, 0.5) is 5.69 Å². The summed E-state index contributed by atoms with van der Waals surface area (Å²) in [6, 6.07) is 7.69. The molecule has 4 nitrogen and oxygen atoms in total. The van der Waals surface area contributed by atoms with E-state index in [0.717, 1.165) is 30.5 Å². The molecule has 1 saturated heterocycles. The molecule has 1 fully saturated rings. The summed E-state index contributed by atoms with van der Waals surface area (Å²) in [4.78, 5) is 4.40. The van der Waals surface area contributed by atoms with Crippen molar-refractivity contribution < 1.29 is 4.74 Å². The van der Waals surface area contributed by atoms with Crippen LogP contribution in [0.25, 0.3) is 0 Å². The molecule has 1 heterocycles. The Morgan fingerprint density at radius 2 is 1.93 bits per heavy atom. The quantitative estimate of drug-likeness (QED) is 0.729. The van der Waals surface area contributed by atoms with E-state index in [1.807, 2.05) is 24.3 Å². The standard InChI is InChI=1S/C10H13N3O/c1-14-9-5-3-2-4-8(9)13-10-11-6-7-12-10/h2-5H,6-7H2,1H3,(H2,11,12,13). The summed E-state index contributed by atoms with van der Waals surface area (Å²) in [5.74, 6) is 1.60. The molecule has 0 unspecified atom stereocenters. The Balaban J connectivity index is 2.26. The van der Waals surface area contributed by atoms with Gasteiger partial charge in [0.05, 0.1) is 7.11 Å². The van der Waals surface area contributed by atoms with Crippen molar-refractivity contribution >= 4 is 11.6 Å². The highest BCUT2D eigenvalue weighted by Crippen LogP contribution is 2.26. The predicted molar refractivity (Wildman–Crippen MR) is 56.1 cm³/mol. The van der Waals surface area contributed by atoms with E-state index in [1.54, 1.807) is 7.11 Å². The molecule has 0 spiro atoms. The number of nitrogens with zero attached hydrogens (tertiary/aromatic N) is 1. The third-order valence-electron chi connectivity index (χ3n) is 2.03. The van der Waals surface area contributed by atoms with Gasteiger partial charge in [0.2, 0.25) is 0 Å². The van der Waals surface area contributed by atoms with Crippen molar-refractivity contribution in [3.05, 3.63) is 24.3 Å². The maximum Gasteiger partial charge on any atom is 0.196 e. The summed E-state index contributed by atoms with van der Waals surface area (Å²) < 4.78 is 5.19. The Morgan fingerprint density at radius 3 is 2.64 bits per heavy atom. The molecule has 74 valence electrons. The monoisotopic (exact) mass is 191 g/mol. The van der Waals surface area contributed by atoms with E-state index in [4.69, 9.17) is 4.74 Å². The summed E-state index contributed by atoms with van der Waals surface area (Å²) in [5.41, 5.74) is 0.840. The van der Waals surface area contributed by atoms with Crippen LogP contribution < -0.4 is 15.4 Å². The van der Waals surface area contributed by atoms with Crippen molar-refractivity contribution in [3.63, 3.8) is 0 Å². The van der Waals surface area contributed by atoms with E-state index >= 15 is 0 Å². The molecule has 0 bridgehead atoms. The van der Waals surface area contributed by atoms with Crippen LogP contribution in [0.5, 0.6) is 5.75 Å². The molecule has 2 N–H and O–H groups in total. The lowest BCUT2D eigenvalue weighted by Crippen LogP contribution is -2.23. The van der Waals surface area contributed by atoms with E-state index in [0.29, 0.717) is 0 Å². The Kier molecular flexibility index (Phi) is 2.53. The zero-order valence-corrected chi connectivity index (χ0v) is 8.08. The first-order valence-corrected chi connectivity index (χ1v) is 4.59. The number of hydrogen-bond acceptors (Lipinski definition) is 2. The van der Waals surface area contributed by atoms with Gasteiger partial charge in [-0.1, -0.05) is 12.1 Å². The summed E-state index contributed by atoms with van der Waals surface area (Å²) >= 11 is 0. The zero-order valence-electron chi connectivity index (χ0n) is 8.08. The van der Waals surface area contributed by atoms with Crippen molar-refractivity contribution in [2.45, 2.75) is 0 Å². The smallest absolute Gasteiger partial charge is 0.196 e. The molecule has 14 heavy (non-hydrogen) atoms. The molecular formula is C10H13N3O. The number of benzene rings is 1. The van der Waals surface area contributed by atoms with Gasteiger partial charge < -0.3 is 15.4 Å². The number of ether oxygens (including phenoxy) is 1. The molecule has 1 aliphatic heterocycles. The van der Waals surface area contributed by atoms with Crippen molar-refractivity contribution in [2.75, 3.05) is 20.2 Å². The minimum atomic E-state index is 0.788. The van der Waals surface area contributed by atoms with Crippen LogP contribution in [0.15, 0.2) is 29.3 Å². The van der Waals surface area contributed by atoms with Gasteiger partial charge in [-0.15, -0.1) is 0 Å². The van der Waals surface area contributed by atoms with Gasteiger partial charge in [-0.05, 0) is 12.1 Å². The summed E-state index contributed by atoms with van der Waals surface area (Å²) in [7, 11) is 1.65. The van der Waals surface area contributed by atoms with Crippen molar-refractivity contribution in [1.29, 1.82) is 0 Å². The second-order valence-electron chi connectivity index (χ2n) is 2.99. The SMILES string of the molecule is COc1ccccc1N=C1NCCN1. The fourth-order valence-corrected chi connectivity index (χ4v) is 1.35. The van der Waals surface area contributed by atoms with Gasteiger partial charge in [-0.3, -0.25) is 0 Å². The lowest BCUT2D eigenvalue weighted by molar-refractivity contribution is 0.416. The Bertz CT molecular complexity index is 341. The third kappa shape index (κ3) is 1.79. The van der Waals surface area contributed by atoms with Crippen molar-refractivity contribution in [3.8, 4) is 5.75 Å². The maximum absolute atomic E-state index is 5.19. The normalized spacial score (nSPS) is 14.5. The number of rotatable bonds is 2. The largest absolute Gasteiger partial charge is 0.494 e. The fraction of sp³-hybridized carbons (Fsp3) is 0.300. The number of hydrogen-bond donors (Lipinski definition) is 2. The van der Waals surface area contributed by atoms with Gasteiger partial charge in [-0.2, -0.15) is 0 Å². The first-order valence-electron chi connectivity index (χ1n) is 4.59. The van der Waals surface area contributed by atoms with Gasteiger partial charge in [0.15, 0.2) is 5.96 Å².